The highest BCUT2D eigenvalue weighted by Crippen LogP contribution is 2.27. The summed E-state index contributed by atoms with van der Waals surface area (Å²) in [5.74, 6) is 0.0972. The fourth-order valence-electron chi connectivity index (χ4n) is 3.43. The van der Waals surface area contributed by atoms with Crippen LogP contribution in [0.15, 0.2) is 65.7 Å². The summed E-state index contributed by atoms with van der Waals surface area (Å²) in [5, 5.41) is 6.80. The third-order valence-corrected chi connectivity index (χ3v) is 4.89. The van der Waals surface area contributed by atoms with E-state index in [9.17, 15) is 9.59 Å². The van der Waals surface area contributed by atoms with E-state index in [1.807, 2.05) is 47.4 Å². The SMILES string of the molecule is O=C(Cc1cccnc1)N1CCN(c2cc(=O)[nH]nc2-c2ccccc2)CC1. The number of rotatable bonds is 4. The average molecular weight is 375 g/mol. The summed E-state index contributed by atoms with van der Waals surface area (Å²) in [4.78, 5) is 32.5. The van der Waals surface area contributed by atoms with Crippen molar-refractivity contribution in [3.63, 3.8) is 0 Å². The second-order valence-corrected chi connectivity index (χ2v) is 6.74. The molecule has 1 aliphatic heterocycles. The number of nitrogens with one attached hydrogen (secondary N) is 1. The van der Waals surface area contributed by atoms with E-state index < -0.39 is 0 Å². The molecule has 0 saturated carbocycles. The number of carbonyl (C=O) groups is 1. The van der Waals surface area contributed by atoms with Gasteiger partial charge in [-0.15, -0.1) is 0 Å². The van der Waals surface area contributed by atoms with Crippen molar-refractivity contribution in [2.45, 2.75) is 6.42 Å². The van der Waals surface area contributed by atoms with Gasteiger partial charge < -0.3 is 9.80 Å². The Morgan fingerprint density at radius 1 is 1.04 bits per heavy atom. The van der Waals surface area contributed by atoms with Crippen LogP contribution < -0.4 is 10.5 Å². The first-order valence-electron chi connectivity index (χ1n) is 9.27. The highest BCUT2D eigenvalue weighted by atomic mass is 16.2. The molecule has 4 rings (SSSR count). The second-order valence-electron chi connectivity index (χ2n) is 6.74. The Bertz CT molecular complexity index is 996. The number of anilines is 1. The molecule has 1 saturated heterocycles. The minimum Gasteiger partial charge on any atom is -0.366 e. The van der Waals surface area contributed by atoms with Gasteiger partial charge in [0.1, 0.15) is 5.69 Å². The number of amides is 1. The molecule has 0 unspecified atom stereocenters. The average Bonchev–Trinajstić information content (AvgIpc) is 2.75. The number of benzene rings is 1. The highest BCUT2D eigenvalue weighted by Gasteiger charge is 2.24. The van der Waals surface area contributed by atoms with Gasteiger partial charge >= 0.3 is 0 Å². The Hall–Kier alpha value is -3.48. The Balaban J connectivity index is 1.48. The minimum atomic E-state index is -0.232. The maximum absolute atomic E-state index is 12.6. The number of pyridine rings is 1. The smallest absolute Gasteiger partial charge is 0.266 e. The maximum Gasteiger partial charge on any atom is 0.266 e. The highest BCUT2D eigenvalue weighted by molar-refractivity contribution is 5.79. The van der Waals surface area contributed by atoms with Gasteiger partial charge in [-0.25, -0.2) is 5.10 Å². The monoisotopic (exact) mass is 375 g/mol. The van der Waals surface area contributed by atoms with Gasteiger partial charge in [0, 0.05) is 50.2 Å². The minimum absolute atomic E-state index is 0.0972. The van der Waals surface area contributed by atoms with Crippen molar-refractivity contribution in [1.29, 1.82) is 0 Å². The first kappa shape index (κ1) is 17.9. The van der Waals surface area contributed by atoms with Crippen LogP contribution in [0.5, 0.6) is 0 Å². The normalized spacial score (nSPS) is 14.1. The van der Waals surface area contributed by atoms with Crippen LogP contribution in [0.1, 0.15) is 5.56 Å². The molecular weight excluding hydrogens is 354 g/mol. The molecule has 1 N–H and O–H groups in total. The Labute approximate surface area is 162 Å². The molecule has 1 aliphatic rings. The number of aromatic amines is 1. The van der Waals surface area contributed by atoms with Crippen molar-refractivity contribution in [1.82, 2.24) is 20.1 Å². The van der Waals surface area contributed by atoms with Crippen molar-refractivity contribution in [2.75, 3.05) is 31.1 Å². The fourth-order valence-corrected chi connectivity index (χ4v) is 3.43. The molecule has 0 atom stereocenters. The molecule has 1 aromatic carbocycles. The van der Waals surface area contributed by atoms with Crippen LogP contribution in [0.4, 0.5) is 5.69 Å². The predicted octanol–water partition coefficient (Wildman–Crippen LogP) is 1.72. The summed E-state index contributed by atoms with van der Waals surface area (Å²) in [7, 11) is 0. The van der Waals surface area contributed by atoms with Gasteiger partial charge in [0.2, 0.25) is 5.91 Å². The fraction of sp³-hybridized carbons (Fsp3) is 0.238. The molecule has 28 heavy (non-hydrogen) atoms. The molecule has 0 bridgehead atoms. The lowest BCUT2D eigenvalue weighted by atomic mass is 10.1. The van der Waals surface area contributed by atoms with Crippen molar-refractivity contribution >= 4 is 11.6 Å². The van der Waals surface area contributed by atoms with Gasteiger partial charge in [-0.1, -0.05) is 36.4 Å². The zero-order chi connectivity index (χ0) is 19.3. The molecule has 2 aromatic heterocycles. The van der Waals surface area contributed by atoms with E-state index in [1.54, 1.807) is 18.5 Å². The lowest BCUT2D eigenvalue weighted by Crippen LogP contribution is -2.49. The topological polar surface area (TPSA) is 82.2 Å². The van der Waals surface area contributed by atoms with E-state index in [0.717, 1.165) is 22.5 Å². The van der Waals surface area contributed by atoms with E-state index >= 15 is 0 Å². The number of H-pyrrole nitrogens is 1. The largest absolute Gasteiger partial charge is 0.366 e. The van der Waals surface area contributed by atoms with Crippen LogP contribution in [-0.2, 0) is 11.2 Å². The molecule has 3 heterocycles. The lowest BCUT2D eigenvalue weighted by molar-refractivity contribution is -0.130. The third kappa shape index (κ3) is 3.93. The van der Waals surface area contributed by atoms with E-state index in [4.69, 9.17) is 0 Å². The summed E-state index contributed by atoms with van der Waals surface area (Å²) in [6.07, 6.45) is 3.78. The number of aromatic nitrogens is 3. The van der Waals surface area contributed by atoms with Gasteiger partial charge in [0.25, 0.3) is 5.56 Å². The summed E-state index contributed by atoms with van der Waals surface area (Å²) in [6.45, 7) is 2.54. The standard InChI is InChI=1S/C21H21N5O2/c27-19-14-18(21(24-23-19)17-6-2-1-3-7-17)25-9-11-26(12-10-25)20(28)13-16-5-4-8-22-15-16/h1-8,14-15H,9-13H2,(H,23,27). The third-order valence-electron chi connectivity index (χ3n) is 4.89. The summed E-state index contributed by atoms with van der Waals surface area (Å²) >= 11 is 0. The van der Waals surface area contributed by atoms with Crippen LogP contribution in [0, 0.1) is 0 Å². The molecule has 1 fully saturated rings. The van der Waals surface area contributed by atoms with Crippen LogP contribution in [0.2, 0.25) is 0 Å². The Kier molecular flexibility index (Phi) is 5.14. The van der Waals surface area contributed by atoms with Crippen LogP contribution in [0.25, 0.3) is 11.3 Å². The molecular formula is C21H21N5O2. The molecule has 0 aliphatic carbocycles. The van der Waals surface area contributed by atoms with Gasteiger partial charge in [0.15, 0.2) is 0 Å². The van der Waals surface area contributed by atoms with Crippen LogP contribution in [0.3, 0.4) is 0 Å². The Morgan fingerprint density at radius 2 is 1.82 bits per heavy atom. The lowest BCUT2D eigenvalue weighted by Gasteiger charge is -2.36. The zero-order valence-corrected chi connectivity index (χ0v) is 15.4. The Morgan fingerprint density at radius 3 is 2.54 bits per heavy atom. The predicted molar refractivity (Wildman–Crippen MR) is 107 cm³/mol. The molecule has 1 amide bonds. The summed E-state index contributed by atoms with van der Waals surface area (Å²) < 4.78 is 0. The van der Waals surface area contributed by atoms with Crippen molar-refractivity contribution < 1.29 is 4.79 Å². The first-order valence-corrected chi connectivity index (χ1v) is 9.27. The van der Waals surface area contributed by atoms with Crippen molar-refractivity contribution in [3.8, 4) is 11.3 Å². The van der Waals surface area contributed by atoms with Gasteiger partial charge in [0.05, 0.1) is 12.1 Å². The summed E-state index contributed by atoms with van der Waals surface area (Å²) in [5.41, 5.74) is 3.18. The summed E-state index contributed by atoms with van der Waals surface area (Å²) in [6, 6.07) is 15.1. The van der Waals surface area contributed by atoms with Crippen molar-refractivity contribution in [3.05, 3.63) is 76.8 Å². The van der Waals surface area contributed by atoms with E-state index in [2.05, 4.69) is 20.1 Å². The number of carbonyl (C=O) groups excluding carboxylic acids is 1. The maximum atomic E-state index is 12.6. The van der Waals surface area contributed by atoms with Crippen molar-refractivity contribution in [2.24, 2.45) is 0 Å². The number of hydrogen-bond donors (Lipinski definition) is 1. The molecule has 0 spiro atoms. The van der Waals surface area contributed by atoms with Gasteiger partial charge in [-0.05, 0) is 11.6 Å². The van der Waals surface area contributed by atoms with Gasteiger partial charge in [-0.2, -0.15) is 5.10 Å². The zero-order valence-electron chi connectivity index (χ0n) is 15.4. The molecule has 3 aromatic rings. The first-order chi connectivity index (χ1) is 13.7. The molecule has 142 valence electrons. The molecule has 7 nitrogen and oxygen atoms in total. The number of piperazine rings is 1. The van der Waals surface area contributed by atoms with E-state index in [1.165, 1.54) is 0 Å². The van der Waals surface area contributed by atoms with Crippen LogP contribution >= 0.6 is 0 Å². The van der Waals surface area contributed by atoms with E-state index in [-0.39, 0.29) is 11.5 Å². The van der Waals surface area contributed by atoms with E-state index in [0.29, 0.717) is 32.6 Å². The number of nitrogens with zero attached hydrogens (tertiary/aromatic N) is 4. The molecule has 0 radical (unpaired) electrons. The van der Waals surface area contributed by atoms with Crippen LogP contribution in [-0.4, -0.2) is 52.2 Å². The second kappa shape index (κ2) is 8.04. The number of hydrogen-bond acceptors (Lipinski definition) is 5. The quantitative estimate of drug-likeness (QED) is 0.751. The van der Waals surface area contributed by atoms with Gasteiger partial charge in [-0.3, -0.25) is 14.6 Å². The molecule has 7 heteroatoms.